The van der Waals surface area contributed by atoms with Crippen molar-refractivity contribution in [2.45, 2.75) is 29.0 Å². The Hall–Kier alpha value is -2.35. The second-order valence-corrected chi connectivity index (χ2v) is 9.16. The molecule has 2 aromatic heterocycles. The molecule has 4 rings (SSSR count). The number of nitrogens with zero attached hydrogens (tertiary/aromatic N) is 3. The molecule has 0 saturated carbocycles. The first-order valence-electron chi connectivity index (χ1n) is 9.98. The molecule has 1 aromatic carbocycles. The van der Waals surface area contributed by atoms with Gasteiger partial charge in [0.15, 0.2) is 10.2 Å². The number of benzene rings is 1. The summed E-state index contributed by atoms with van der Waals surface area (Å²) in [5.41, 5.74) is 2.21. The van der Waals surface area contributed by atoms with Crippen molar-refractivity contribution in [3.8, 4) is 0 Å². The predicted molar refractivity (Wildman–Crippen MR) is 125 cm³/mol. The van der Waals surface area contributed by atoms with E-state index >= 15 is 0 Å². The number of rotatable bonds is 7. The minimum absolute atomic E-state index is 0.0419. The molecule has 1 aliphatic rings. The van der Waals surface area contributed by atoms with E-state index in [1.165, 1.54) is 5.56 Å². The van der Waals surface area contributed by atoms with Gasteiger partial charge in [0.25, 0.3) is 0 Å². The standard InChI is InChI=1S/C23H26N4OS2/c1-16-7-9-17(10-8-16)30-20-12-11-19(28-20)22-21(18-6-4-5-13-24-18)25-23(29)27(22)15-14-26(2)3/h4-13,21-22H,14-15H2,1-3H3,(H,25,29). The lowest BCUT2D eigenvalue weighted by Crippen LogP contribution is -2.35. The fraction of sp³-hybridized carbons (Fsp3) is 0.304. The van der Waals surface area contributed by atoms with Crippen LogP contribution >= 0.6 is 24.0 Å². The molecule has 156 valence electrons. The summed E-state index contributed by atoms with van der Waals surface area (Å²) in [5.74, 6) is 0.895. The predicted octanol–water partition coefficient (Wildman–Crippen LogP) is 4.67. The molecule has 1 saturated heterocycles. The van der Waals surface area contributed by atoms with Gasteiger partial charge in [-0.05, 0) is 69.6 Å². The highest BCUT2D eigenvalue weighted by Crippen LogP contribution is 2.41. The van der Waals surface area contributed by atoms with Gasteiger partial charge >= 0.3 is 0 Å². The maximum absolute atomic E-state index is 6.32. The molecule has 2 unspecified atom stereocenters. The molecule has 3 aromatic rings. The molecule has 1 N–H and O–H groups in total. The number of pyridine rings is 1. The van der Waals surface area contributed by atoms with E-state index in [1.807, 2.05) is 30.5 Å². The Kier molecular flexibility index (Phi) is 6.41. The smallest absolute Gasteiger partial charge is 0.170 e. The molecule has 0 aliphatic carbocycles. The Morgan fingerprint density at radius 3 is 2.63 bits per heavy atom. The van der Waals surface area contributed by atoms with Gasteiger partial charge in [0, 0.05) is 24.2 Å². The van der Waals surface area contributed by atoms with E-state index < -0.39 is 0 Å². The van der Waals surface area contributed by atoms with Crippen molar-refractivity contribution in [3.63, 3.8) is 0 Å². The maximum atomic E-state index is 6.32. The zero-order chi connectivity index (χ0) is 21.1. The van der Waals surface area contributed by atoms with Crippen molar-refractivity contribution in [3.05, 3.63) is 77.8 Å². The van der Waals surface area contributed by atoms with Crippen LogP contribution in [-0.4, -0.2) is 47.1 Å². The molecule has 7 heteroatoms. The topological polar surface area (TPSA) is 44.5 Å². The zero-order valence-electron chi connectivity index (χ0n) is 17.4. The SMILES string of the molecule is Cc1ccc(Sc2ccc(C3C(c4ccccn4)NC(=S)N3CCN(C)C)o2)cc1. The molecule has 3 heterocycles. The molecule has 0 bridgehead atoms. The number of furan rings is 1. The van der Waals surface area contributed by atoms with E-state index in [2.05, 4.69) is 71.5 Å². The van der Waals surface area contributed by atoms with Gasteiger partial charge in [0.1, 0.15) is 11.8 Å². The molecule has 5 nitrogen and oxygen atoms in total. The van der Waals surface area contributed by atoms with Crippen LogP contribution in [0.25, 0.3) is 0 Å². The van der Waals surface area contributed by atoms with E-state index in [0.29, 0.717) is 0 Å². The normalized spacial score (nSPS) is 18.8. The zero-order valence-corrected chi connectivity index (χ0v) is 19.0. The molecule has 0 amide bonds. The highest BCUT2D eigenvalue weighted by molar-refractivity contribution is 7.99. The summed E-state index contributed by atoms with van der Waals surface area (Å²) >= 11 is 7.32. The highest BCUT2D eigenvalue weighted by atomic mass is 32.2. The van der Waals surface area contributed by atoms with Crippen LogP contribution in [0.5, 0.6) is 0 Å². The quantitative estimate of drug-likeness (QED) is 0.538. The Labute approximate surface area is 187 Å². The van der Waals surface area contributed by atoms with Crippen molar-refractivity contribution < 1.29 is 4.42 Å². The van der Waals surface area contributed by atoms with Crippen molar-refractivity contribution in [1.29, 1.82) is 0 Å². The lowest BCUT2D eigenvalue weighted by atomic mass is 10.0. The first kappa shape index (κ1) is 20.9. The number of aromatic nitrogens is 1. The number of nitrogens with one attached hydrogen (secondary N) is 1. The molecule has 1 aliphatic heterocycles. The fourth-order valence-electron chi connectivity index (χ4n) is 3.53. The Balaban J connectivity index is 1.62. The summed E-state index contributed by atoms with van der Waals surface area (Å²) in [6.07, 6.45) is 1.82. The van der Waals surface area contributed by atoms with Crippen molar-refractivity contribution >= 4 is 29.1 Å². The minimum atomic E-state index is -0.0516. The first-order chi connectivity index (χ1) is 14.5. The second kappa shape index (κ2) is 9.20. The van der Waals surface area contributed by atoms with Gasteiger partial charge in [-0.15, -0.1) is 0 Å². The van der Waals surface area contributed by atoms with E-state index in [1.54, 1.807) is 11.8 Å². The van der Waals surface area contributed by atoms with Crippen LogP contribution in [0.1, 0.15) is 29.1 Å². The fourth-order valence-corrected chi connectivity index (χ4v) is 4.64. The summed E-state index contributed by atoms with van der Waals surface area (Å²) in [6, 6.07) is 18.5. The van der Waals surface area contributed by atoms with Gasteiger partial charge in [-0.1, -0.05) is 35.5 Å². The molecule has 0 spiro atoms. The number of likely N-dealkylation sites (N-methyl/N-ethyl adjacent to an activating group) is 1. The van der Waals surface area contributed by atoms with Gasteiger partial charge < -0.3 is 19.5 Å². The van der Waals surface area contributed by atoms with Gasteiger partial charge in [-0.3, -0.25) is 4.98 Å². The van der Waals surface area contributed by atoms with E-state index in [-0.39, 0.29) is 12.1 Å². The van der Waals surface area contributed by atoms with E-state index in [9.17, 15) is 0 Å². The number of aryl methyl sites for hydroxylation is 1. The lowest BCUT2D eigenvalue weighted by Gasteiger charge is -2.27. The van der Waals surface area contributed by atoms with Gasteiger partial charge in [-0.2, -0.15) is 0 Å². The van der Waals surface area contributed by atoms with Crippen LogP contribution in [0.2, 0.25) is 0 Å². The van der Waals surface area contributed by atoms with Gasteiger partial charge in [0.2, 0.25) is 0 Å². The second-order valence-electron chi connectivity index (χ2n) is 7.70. The van der Waals surface area contributed by atoms with Crippen LogP contribution in [0.15, 0.2) is 75.2 Å². The van der Waals surface area contributed by atoms with Crippen molar-refractivity contribution in [2.75, 3.05) is 27.2 Å². The molecular weight excluding hydrogens is 412 g/mol. The van der Waals surface area contributed by atoms with Crippen LogP contribution < -0.4 is 5.32 Å². The van der Waals surface area contributed by atoms with Crippen molar-refractivity contribution in [1.82, 2.24) is 20.1 Å². The van der Waals surface area contributed by atoms with Gasteiger partial charge in [0.05, 0.1) is 11.7 Å². The third kappa shape index (κ3) is 4.69. The Bertz CT molecular complexity index is 988. The van der Waals surface area contributed by atoms with E-state index in [4.69, 9.17) is 16.6 Å². The summed E-state index contributed by atoms with van der Waals surface area (Å²) < 4.78 is 6.32. The number of hydrogen-bond acceptors (Lipinski definition) is 5. The summed E-state index contributed by atoms with van der Waals surface area (Å²) in [4.78, 5) is 10.1. The third-order valence-electron chi connectivity index (χ3n) is 5.12. The summed E-state index contributed by atoms with van der Waals surface area (Å²) in [7, 11) is 4.14. The van der Waals surface area contributed by atoms with Crippen LogP contribution in [0.4, 0.5) is 0 Å². The molecule has 30 heavy (non-hydrogen) atoms. The Morgan fingerprint density at radius 2 is 1.93 bits per heavy atom. The number of thiocarbonyl (C=S) groups is 1. The molecule has 2 atom stereocenters. The lowest BCUT2D eigenvalue weighted by molar-refractivity contribution is 0.239. The third-order valence-corrected chi connectivity index (χ3v) is 6.40. The average Bonchev–Trinajstić information content (AvgIpc) is 3.32. The van der Waals surface area contributed by atoms with Crippen LogP contribution in [-0.2, 0) is 0 Å². The maximum Gasteiger partial charge on any atom is 0.170 e. The molecule has 1 fully saturated rings. The average molecular weight is 439 g/mol. The monoisotopic (exact) mass is 438 g/mol. The largest absolute Gasteiger partial charge is 0.452 e. The van der Waals surface area contributed by atoms with Gasteiger partial charge in [-0.25, -0.2) is 0 Å². The Morgan fingerprint density at radius 1 is 1.13 bits per heavy atom. The first-order valence-corrected chi connectivity index (χ1v) is 11.2. The molecular formula is C23H26N4OS2. The highest BCUT2D eigenvalue weighted by Gasteiger charge is 2.41. The molecule has 0 radical (unpaired) electrons. The minimum Gasteiger partial charge on any atom is -0.452 e. The number of hydrogen-bond donors (Lipinski definition) is 1. The summed E-state index contributed by atoms with van der Waals surface area (Å²) in [6.45, 7) is 3.81. The van der Waals surface area contributed by atoms with Crippen LogP contribution in [0.3, 0.4) is 0 Å². The van der Waals surface area contributed by atoms with Crippen molar-refractivity contribution in [2.24, 2.45) is 0 Å². The van der Waals surface area contributed by atoms with E-state index in [0.717, 1.165) is 39.6 Å². The summed E-state index contributed by atoms with van der Waals surface area (Å²) in [5, 5.41) is 5.08. The van der Waals surface area contributed by atoms with Crippen LogP contribution in [0, 0.1) is 6.92 Å².